The van der Waals surface area contributed by atoms with Crippen molar-refractivity contribution in [3.8, 4) is 5.75 Å². The van der Waals surface area contributed by atoms with Crippen LogP contribution in [0.25, 0.3) is 0 Å². The predicted octanol–water partition coefficient (Wildman–Crippen LogP) is 5.06. The summed E-state index contributed by atoms with van der Waals surface area (Å²) in [7, 11) is 0. The number of para-hydroxylation sites is 1. The second-order valence-corrected chi connectivity index (χ2v) is 5.42. The minimum Gasteiger partial charge on any atom is -0.423 e. The summed E-state index contributed by atoms with van der Waals surface area (Å²) in [4.78, 5) is 12.5. The topological polar surface area (TPSA) is 26.3 Å². The highest BCUT2D eigenvalue weighted by Gasteiger charge is 2.18. The summed E-state index contributed by atoms with van der Waals surface area (Å²) in [5.74, 6) is 0.352. The third kappa shape index (κ3) is 3.49. The zero-order valence-electron chi connectivity index (χ0n) is 13.0. The number of carbonyl (C=O) groups is 1. The summed E-state index contributed by atoms with van der Waals surface area (Å²) >= 11 is 0. The fourth-order valence-electron chi connectivity index (χ4n) is 2.63. The number of carbonyl (C=O) groups excluding carboxylic acids is 1. The van der Waals surface area contributed by atoms with Crippen LogP contribution >= 0.6 is 0 Å². The summed E-state index contributed by atoms with van der Waals surface area (Å²) in [5, 5.41) is 0. The molecule has 0 radical (unpaired) electrons. The Morgan fingerprint density at radius 3 is 2.04 bits per heavy atom. The number of benzene rings is 3. The first kappa shape index (κ1) is 15.0. The Morgan fingerprint density at radius 2 is 1.35 bits per heavy atom. The van der Waals surface area contributed by atoms with E-state index in [0.717, 1.165) is 5.56 Å². The Labute approximate surface area is 136 Å². The number of ether oxygens (including phenoxy) is 1. The van der Waals surface area contributed by atoms with Crippen LogP contribution in [0.15, 0.2) is 84.9 Å². The molecule has 0 N–H and O–H groups in total. The molecule has 1 unspecified atom stereocenters. The average molecular weight is 302 g/mol. The zero-order valence-corrected chi connectivity index (χ0v) is 13.0. The van der Waals surface area contributed by atoms with E-state index in [9.17, 15) is 4.79 Å². The third-order valence-electron chi connectivity index (χ3n) is 3.90. The standard InChI is InChI=1S/C21H18O2/c1-16(17-10-4-2-5-11-17)19-14-8-9-15-20(19)21(22)23-18-12-6-3-7-13-18/h2-16H,1H3. The molecule has 0 aliphatic heterocycles. The van der Waals surface area contributed by atoms with Crippen LogP contribution in [0.3, 0.4) is 0 Å². The van der Waals surface area contributed by atoms with Gasteiger partial charge in [0.25, 0.3) is 0 Å². The number of hydrogen-bond acceptors (Lipinski definition) is 2. The van der Waals surface area contributed by atoms with E-state index >= 15 is 0 Å². The highest BCUT2D eigenvalue weighted by atomic mass is 16.5. The van der Waals surface area contributed by atoms with Gasteiger partial charge in [0.05, 0.1) is 5.56 Å². The quantitative estimate of drug-likeness (QED) is 0.497. The summed E-state index contributed by atoms with van der Waals surface area (Å²) in [6, 6.07) is 26.9. The lowest BCUT2D eigenvalue weighted by Crippen LogP contribution is -2.13. The zero-order chi connectivity index (χ0) is 16.1. The van der Waals surface area contributed by atoms with Gasteiger partial charge in [0.15, 0.2) is 0 Å². The highest BCUT2D eigenvalue weighted by molar-refractivity contribution is 5.93. The van der Waals surface area contributed by atoms with Gasteiger partial charge in [-0.1, -0.05) is 73.7 Å². The van der Waals surface area contributed by atoms with Gasteiger partial charge < -0.3 is 4.74 Å². The molecule has 3 aromatic carbocycles. The Bertz CT molecular complexity index is 779. The van der Waals surface area contributed by atoms with Crippen molar-refractivity contribution >= 4 is 5.97 Å². The molecule has 23 heavy (non-hydrogen) atoms. The lowest BCUT2D eigenvalue weighted by atomic mass is 9.90. The fourth-order valence-corrected chi connectivity index (χ4v) is 2.63. The maximum absolute atomic E-state index is 12.5. The first-order valence-corrected chi connectivity index (χ1v) is 7.67. The number of rotatable bonds is 4. The van der Waals surface area contributed by atoms with Crippen LogP contribution < -0.4 is 4.74 Å². The van der Waals surface area contributed by atoms with E-state index < -0.39 is 0 Å². The fraction of sp³-hybridized carbons (Fsp3) is 0.0952. The molecule has 0 heterocycles. The van der Waals surface area contributed by atoms with Crippen LogP contribution in [0.4, 0.5) is 0 Å². The first-order valence-electron chi connectivity index (χ1n) is 7.67. The molecule has 0 saturated carbocycles. The lowest BCUT2D eigenvalue weighted by molar-refractivity contribution is 0.0733. The summed E-state index contributed by atoms with van der Waals surface area (Å²) in [5.41, 5.74) is 2.75. The van der Waals surface area contributed by atoms with Gasteiger partial charge in [-0.25, -0.2) is 4.79 Å². The SMILES string of the molecule is CC(c1ccccc1)c1ccccc1C(=O)Oc1ccccc1. The van der Waals surface area contributed by atoms with Gasteiger partial charge in [0.2, 0.25) is 0 Å². The normalized spacial score (nSPS) is 11.7. The van der Waals surface area contributed by atoms with Crippen LogP contribution in [0, 0.1) is 0 Å². The molecule has 1 atom stereocenters. The first-order chi connectivity index (χ1) is 11.3. The molecule has 2 heteroatoms. The summed E-state index contributed by atoms with van der Waals surface area (Å²) in [6.45, 7) is 2.10. The van der Waals surface area contributed by atoms with Crippen molar-refractivity contribution in [2.75, 3.05) is 0 Å². The maximum atomic E-state index is 12.5. The van der Waals surface area contributed by atoms with Crippen molar-refractivity contribution in [2.24, 2.45) is 0 Å². The predicted molar refractivity (Wildman–Crippen MR) is 91.8 cm³/mol. The molecule has 0 aliphatic rings. The van der Waals surface area contributed by atoms with Gasteiger partial charge in [-0.3, -0.25) is 0 Å². The van der Waals surface area contributed by atoms with Crippen LogP contribution in [0.5, 0.6) is 5.75 Å². The van der Waals surface area contributed by atoms with Crippen molar-refractivity contribution in [1.29, 1.82) is 0 Å². The third-order valence-corrected chi connectivity index (χ3v) is 3.90. The molecule has 2 nitrogen and oxygen atoms in total. The molecular weight excluding hydrogens is 284 g/mol. The minimum absolute atomic E-state index is 0.121. The van der Waals surface area contributed by atoms with Gasteiger partial charge >= 0.3 is 5.97 Å². The maximum Gasteiger partial charge on any atom is 0.343 e. The molecule has 0 aliphatic carbocycles. The van der Waals surface area contributed by atoms with E-state index in [2.05, 4.69) is 19.1 Å². The van der Waals surface area contributed by atoms with E-state index in [1.165, 1.54) is 5.56 Å². The van der Waals surface area contributed by atoms with Gasteiger partial charge in [-0.05, 0) is 29.3 Å². The Balaban J connectivity index is 1.90. The van der Waals surface area contributed by atoms with Crippen LogP contribution in [0.2, 0.25) is 0 Å². The monoisotopic (exact) mass is 302 g/mol. The van der Waals surface area contributed by atoms with E-state index in [1.54, 1.807) is 12.1 Å². The van der Waals surface area contributed by atoms with Crippen molar-refractivity contribution in [3.05, 3.63) is 102 Å². The molecular formula is C21H18O2. The van der Waals surface area contributed by atoms with Crippen LogP contribution in [-0.4, -0.2) is 5.97 Å². The summed E-state index contributed by atoms with van der Waals surface area (Å²) in [6.07, 6.45) is 0. The molecule has 0 bridgehead atoms. The van der Waals surface area contributed by atoms with Gasteiger partial charge in [-0.15, -0.1) is 0 Å². The van der Waals surface area contributed by atoms with Crippen molar-refractivity contribution in [2.45, 2.75) is 12.8 Å². The second kappa shape index (κ2) is 6.93. The largest absolute Gasteiger partial charge is 0.423 e. The van der Waals surface area contributed by atoms with Gasteiger partial charge in [-0.2, -0.15) is 0 Å². The van der Waals surface area contributed by atoms with Crippen molar-refractivity contribution < 1.29 is 9.53 Å². The van der Waals surface area contributed by atoms with Crippen molar-refractivity contribution in [1.82, 2.24) is 0 Å². The molecule has 0 amide bonds. The van der Waals surface area contributed by atoms with E-state index in [0.29, 0.717) is 11.3 Å². The highest BCUT2D eigenvalue weighted by Crippen LogP contribution is 2.27. The van der Waals surface area contributed by atoms with E-state index in [1.807, 2.05) is 60.7 Å². The van der Waals surface area contributed by atoms with E-state index in [-0.39, 0.29) is 11.9 Å². The summed E-state index contributed by atoms with van der Waals surface area (Å²) < 4.78 is 5.49. The second-order valence-electron chi connectivity index (χ2n) is 5.42. The van der Waals surface area contributed by atoms with Gasteiger partial charge in [0.1, 0.15) is 5.75 Å². The molecule has 0 fully saturated rings. The molecule has 0 saturated heterocycles. The Morgan fingerprint density at radius 1 is 0.783 bits per heavy atom. The minimum atomic E-state index is -0.324. The molecule has 0 aromatic heterocycles. The Hall–Kier alpha value is -2.87. The molecule has 0 spiro atoms. The number of hydrogen-bond donors (Lipinski definition) is 0. The molecule has 3 aromatic rings. The lowest BCUT2D eigenvalue weighted by Gasteiger charge is -2.16. The number of esters is 1. The smallest absolute Gasteiger partial charge is 0.343 e. The Kier molecular flexibility index (Phi) is 4.53. The average Bonchev–Trinajstić information content (AvgIpc) is 2.62. The molecule has 114 valence electrons. The van der Waals surface area contributed by atoms with Gasteiger partial charge in [0, 0.05) is 5.92 Å². The van der Waals surface area contributed by atoms with Crippen LogP contribution in [-0.2, 0) is 0 Å². The van der Waals surface area contributed by atoms with Crippen LogP contribution in [0.1, 0.15) is 34.3 Å². The molecule has 3 rings (SSSR count). The van der Waals surface area contributed by atoms with Crippen molar-refractivity contribution in [3.63, 3.8) is 0 Å². The van der Waals surface area contributed by atoms with E-state index in [4.69, 9.17) is 4.74 Å².